The Kier molecular flexibility index (Phi) is 3.76. The van der Waals surface area contributed by atoms with Gasteiger partial charge in [0.1, 0.15) is 12.7 Å². The predicted molar refractivity (Wildman–Crippen MR) is 71.0 cm³/mol. The van der Waals surface area contributed by atoms with Gasteiger partial charge in [-0.15, -0.1) is 0 Å². The fourth-order valence-electron chi connectivity index (χ4n) is 1.58. The average molecular weight is 250 g/mol. The molecule has 1 atom stereocenters. The highest BCUT2D eigenvalue weighted by molar-refractivity contribution is 5.31. The van der Waals surface area contributed by atoms with Gasteiger partial charge in [-0.1, -0.05) is 20.8 Å². The molecule has 0 aliphatic carbocycles. The normalized spacial score (nSPS) is 17.3. The molecule has 2 rings (SSSR count). The second-order valence-electron chi connectivity index (χ2n) is 5.77. The number of pyridine rings is 1. The number of hydrogen-bond acceptors (Lipinski definition) is 4. The number of aromatic nitrogens is 1. The summed E-state index contributed by atoms with van der Waals surface area (Å²) in [4.78, 5) is 4.44. The number of nitrogens with one attached hydrogen (secondary N) is 1. The summed E-state index contributed by atoms with van der Waals surface area (Å²) >= 11 is 0. The lowest BCUT2D eigenvalue weighted by Gasteiger charge is -2.27. The van der Waals surface area contributed by atoms with Crippen LogP contribution >= 0.6 is 0 Å². The third-order valence-electron chi connectivity index (χ3n) is 3.26. The highest BCUT2D eigenvalue weighted by Crippen LogP contribution is 2.26. The van der Waals surface area contributed by atoms with Crippen LogP contribution < -0.4 is 14.8 Å². The van der Waals surface area contributed by atoms with E-state index in [1.165, 1.54) is 0 Å². The zero-order chi connectivity index (χ0) is 13.2. The topological polar surface area (TPSA) is 43.4 Å². The van der Waals surface area contributed by atoms with Gasteiger partial charge in [-0.25, -0.2) is 0 Å². The van der Waals surface area contributed by atoms with E-state index in [0.29, 0.717) is 18.4 Å². The zero-order valence-corrected chi connectivity index (χ0v) is 11.6. The first kappa shape index (κ1) is 13.1. The maximum absolute atomic E-state index is 5.87. The van der Waals surface area contributed by atoms with Gasteiger partial charge in [0, 0.05) is 24.7 Å². The molecule has 4 nitrogen and oxygen atoms in total. The van der Waals surface area contributed by atoms with Crippen LogP contribution in [-0.4, -0.2) is 24.2 Å². The van der Waals surface area contributed by atoms with E-state index in [1.54, 1.807) is 0 Å². The van der Waals surface area contributed by atoms with Crippen molar-refractivity contribution in [3.05, 3.63) is 17.7 Å². The van der Waals surface area contributed by atoms with Gasteiger partial charge >= 0.3 is 0 Å². The lowest BCUT2D eigenvalue weighted by atomic mass is 9.90. The minimum Gasteiger partial charge on any atom is -0.476 e. The van der Waals surface area contributed by atoms with Gasteiger partial charge in [0.25, 0.3) is 0 Å². The van der Waals surface area contributed by atoms with E-state index < -0.39 is 0 Å². The molecule has 18 heavy (non-hydrogen) atoms. The molecule has 0 bridgehead atoms. The highest BCUT2D eigenvalue weighted by Gasteiger charge is 2.22. The van der Waals surface area contributed by atoms with Crippen molar-refractivity contribution < 1.29 is 9.47 Å². The molecule has 0 amide bonds. The lowest BCUT2D eigenvalue weighted by molar-refractivity contribution is 0.0975. The Balaban J connectivity index is 2.13. The Morgan fingerprint density at radius 1 is 1.39 bits per heavy atom. The minimum absolute atomic E-state index is 0.0941. The van der Waals surface area contributed by atoms with Crippen molar-refractivity contribution in [2.75, 3.05) is 13.2 Å². The van der Waals surface area contributed by atoms with Gasteiger partial charge in [0.2, 0.25) is 11.8 Å². The fourth-order valence-corrected chi connectivity index (χ4v) is 1.58. The summed E-state index contributed by atoms with van der Waals surface area (Å²) in [6.45, 7) is 10.8. The molecule has 0 fully saturated rings. The van der Waals surface area contributed by atoms with Crippen LogP contribution in [0.2, 0.25) is 0 Å². The molecule has 1 aliphatic rings. The molecule has 0 saturated heterocycles. The fraction of sp³-hybridized carbons (Fsp3) is 0.643. The van der Waals surface area contributed by atoms with Crippen LogP contribution in [0.1, 0.15) is 33.3 Å². The van der Waals surface area contributed by atoms with Crippen LogP contribution in [0.5, 0.6) is 11.8 Å². The third-order valence-corrected chi connectivity index (χ3v) is 3.26. The lowest BCUT2D eigenvalue weighted by Crippen LogP contribution is -2.29. The largest absolute Gasteiger partial charge is 0.476 e. The molecule has 0 aromatic carbocycles. The van der Waals surface area contributed by atoms with E-state index in [1.807, 2.05) is 12.1 Å². The second kappa shape index (κ2) is 5.14. The van der Waals surface area contributed by atoms with Crippen molar-refractivity contribution in [3.63, 3.8) is 0 Å². The van der Waals surface area contributed by atoms with Gasteiger partial charge in [-0.05, 0) is 18.4 Å². The van der Waals surface area contributed by atoms with Crippen molar-refractivity contribution in [2.24, 2.45) is 5.41 Å². The molecule has 4 heteroatoms. The summed E-state index contributed by atoms with van der Waals surface area (Å²) < 4.78 is 11.5. The van der Waals surface area contributed by atoms with Crippen LogP contribution in [0.25, 0.3) is 0 Å². The van der Waals surface area contributed by atoms with E-state index >= 15 is 0 Å². The summed E-state index contributed by atoms with van der Waals surface area (Å²) in [6, 6.07) is 3.93. The summed E-state index contributed by atoms with van der Waals surface area (Å²) in [7, 11) is 0. The SMILES string of the molecule is CC(Oc1ccc2c(n1)OCCNC2)C(C)(C)C. The van der Waals surface area contributed by atoms with Crippen LogP contribution in [-0.2, 0) is 6.54 Å². The Labute approximate surface area is 109 Å². The van der Waals surface area contributed by atoms with Crippen molar-refractivity contribution >= 4 is 0 Å². The number of ether oxygens (including phenoxy) is 2. The molecule has 1 aromatic rings. The predicted octanol–water partition coefficient (Wildman–Crippen LogP) is 2.38. The second-order valence-corrected chi connectivity index (χ2v) is 5.77. The maximum Gasteiger partial charge on any atom is 0.221 e. The molecular formula is C14H22N2O2. The number of fused-ring (bicyclic) bond motifs is 1. The smallest absolute Gasteiger partial charge is 0.221 e. The first-order valence-corrected chi connectivity index (χ1v) is 6.47. The molecule has 0 spiro atoms. The molecule has 2 heterocycles. The van der Waals surface area contributed by atoms with Gasteiger partial charge in [0.15, 0.2) is 0 Å². The van der Waals surface area contributed by atoms with Crippen LogP contribution in [0.4, 0.5) is 0 Å². The van der Waals surface area contributed by atoms with E-state index in [9.17, 15) is 0 Å². The van der Waals surface area contributed by atoms with Crippen LogP contribution in [0, 0.1) is 5.41 Å². The monoisotopic (exact) mass is 250 g/mol. The summed E-state index contributed by atoms with van der Waals surface area (Å²) in [5.41, 5.74) is 1.18. The molecule has 1 unspecified atom stereocenters. The van der Waals surface area contributed by atoms with Crippen molar-refractivity contribution in [1.82, 2.24) is 10.3 Å². The van der Waals surface area contributed by atoms with Crippen LogP contribution in [0.15, 0.2) is 12.1 Å². The van der Waals surface area contributed by atoms with E-state index in [-0.39, 0.29) is 11.5 Å². The van der Waals surface area contributed by atoms with Crippen molar-refractivity contribution in [1.29, 1.82) is 0 Å². The highest BCUT2D eigenvalue weighted by atomic mass is 16.5. The summed E-state index contributed by atoms with van der Waals surface area (Å²) in [5, 5.41) is 3.28. The standard InChI is InChI=1S/C14H22N2O2/c1-10(14(2,3)4)18-12-6-5-11-9-15-7-8-17-13(11)16-12/h5-6,10,15H,7-9H2,1-4H3. The Bertz CT molecular complexity index is 413. The van der Waals surface area contributed by atoms with Crippen molar-refractivity contribution in [2.45, 2.75) is 40.3 Å². The Morgan fingerprint density at radius 3 is 2.89 bits per heavy atom. The molecule has 1 N–H and O–H groups in total. The molecule has 1 aliphatic heterocycles. The zero-order valence-electron chi connectivity index (χ0n) is 11.6. The quantitative estimate of drug-likeness (QED) is 0.875. The number of nitrogens with zero attached hydrogens (tertiary/aromatic N) is 1. The van der Waals surface area contributed by atoms with Gasteiger partial charge in [0.05, 0.1) is 0 Å². The van der Waals surface area contributed by atoms with Gasteiger partial charge in [-0.3, -0.25) is 0 Å². The number of rotatable bonds is 2. The summed E-state index contributed by atoms with van der Waals surface area (Å²) in [5.74, 6) is 1.33. The van der Waals surface area contributed by atoms with E-state index in [2.05, 4.69) is 38.0 Å². The van der Waals surface area contributed by atoms with Gasteiger partial charge < -0.3 is 14.8 Å². The molecule has 1 aromatic heterocycles. The number of hydrogen-bond donors (Lipinski definition) is 1. The van der Waals surface area contributed by atoms with E-state index in [4.69, 9.17) is 9.47 Å². The maximum atomic E-state index is 5.87. The Morgan fingerprint density at radius 2 is 2.17 bits per heavy atom. The molecular weight excluding hydrogens is 228 g/mol. The van der Waals surface area contributed by atoms with E-state index in [0.717, 1.165) is 18.7 Å². The molecule has 100 valence electrons. The molecule has 0 saturated carbocycles. The first-order chi connectivity index (χ1) is 8.47. The van der Waals surface area contributed by atoms with Crippen LogP contribution in [0.3, 0.4) is 0 Å². The Hall–Kier alpha value is -1.29. The average Bonchev–Trinajstić information content (AvgIpc) is 2.52. The molecule has 0 radical (unpaired) electrons. The van der Waals surface area contributed by atoms with Gasteiger partial charge in [-0.2, -0.15) is 4.98 Å². The first-order valence-electron chi connectivity index (χ1n) is 6.47. The third kappa shape index (κ3) is 3.13. The summed E-state index contributed by atoms with van der Waals surface area (Å²) in [6.07, 6.45) is 0.104. The van der Waals surface area contributed by atoms with Crippen molar-refractivity contribution in [3.8, 4) is 11.8 Å². The minimum atomic E-state index is 0.0941.